The van der Waals surface area contributed by atoms with Crippen LogP contribution in [-0.4, -0.2) is 24.9 Å². The van der Waals surface area contributed by atoms with Crippen LogP contribution in [0.4, 0.5) is 0 Å². The topological polar surface area (TPSA) is 64.5 Å². The molecule has 0 amide bonds. The van der Waals surface area contributed by atoms with Crippen LogP contribution >= 0.6 is 0 Å². The van der Waals surface area contributed by atoms with Crippen molar-refractivity contribution in [3.8, 4) is 56.7 Å². The summed E-state index contributed by atoms with van der Waals surface area (Å²) in [5.74, 6) is 2.58. The second kappa shape index (κ2) is 11.5. The third kappa shape index (κ3) is 5.28. The van der Waals surface area contributed by atoms with E-state index in [1.54, 1.807) is 0 Å². The lowest BCUT2D eigenvalue weighted by molar-refractivity contribution is 1.01. The Morgan fingerprint density at radius 2 is 0.929 bits per heavy atom. The van der Waals surface area contributed by atoms with E-state index >= 15 is 0 Å². The van der Waals surface area contributed by atoms with Crippen molar-refractivity contribution >= 4 is 5.57 Å². The Morgan fingerprint density at radius 3 is 1.57 bits per heavy atom. The lowest BCUT2D eigenvalue weighted by Crippen LogP contribution is -2.04. The lowest BCUT2D eigenvalue weighted by atomic mass is 10.0. The molecule has 1 aliphatic rings. The average molecular weight is 542 g/mol. The van der Waals surface area contributed by atoms with Crippen LogP contribution in [0.5, 0.6) is 0 Å². The smallest absolute Gasteiger partial charge is 0.164 e. The van der Waals surface area contributed by atoms with Gasteiger partial charge in [-0.1, -0.05) is 133 Å². The zero-order valence-electron chi connectivity index (χ0n) is 22.9. The Kier molecular flexibility index (Phi) is 6.97. The molecule has 0 bridgehead atoms. The molecular weight excluding hydrogens is 514 g/mol. The van der Waals surface area contributed by atoms with E-state index in [0.717, 1.165) is 57.6 Å². The Balaban J connectivity index is 1.43. The molecule has 0 spiro atoms. The van der Waals surface area contributed by atoms with Gasteiger partial charge in [0, 0.05) is 33.4 Å². The molecule has 2 heterocycles. The van der Waals surface area contributed by atoms with Gasteiger partial charge in [0.2, 0.25) is 0 Å². The highest BCUT2D eigenvalue weighted by atomic mass is 15.0. The molecule has 0 fully saturated rings. The van der Waals surface area contributed by atoms with E-state index in [0.29, 0.717) is 23.3 Å². The Bertz CT molecular complexity index is 1860. The van der Waals surface area contributed by atoms with Crippen LogP contribution in [0.3, 0.4) is 0 Å². The number of benzene rings is 4. The Hall–Kier alpha value is -5.55. The normalized spacial score (nSPS) is 12.6. The quantitative estimate of drug-likeness (QED) is 0.211. The first-order chi connectivity index (χ1) is 20.8. The summed E-state index contributed by atoms with van der Waals surface area (Å²) in [7, 11) is 0. The Morgan fingerprint density at radius 1 is 0.405 bits per heavy atom. The van der Waals surface area contributed by atoms with Crippen molar-refractivity contribution < 1.29 is 0 Å². The SMILES string of the molecule is C1=CC(c2nc(-c3ccccc3)nc(-c3ccccc3-c3cc(-c4ccccc4)nc(-c4ccccc4)n3)n2)=CCC1. The van der Waals surface area contributed by atoms with Crippen molar-refractivity contribution in [1.82, 2.24) is 24.9 Å². The zero-order valence-corrected chi connectivity index (χ0v) is 22.9. The monoisotopic (exact) mass is 541 g/mol. The van der Waals surface area contributed by atoms with Gasteiger partial charge in [0.15, 0.2) is 23.3 Å². The Labute approximate surface area is 245 Å². The minimum atomic E-state index is 0.607. The number of aromatic nitrogens is 5. The number of hydrogen-bond acceptors (Lipinski definition) is 5. The highest BCUT2D eigenvalue weighted by molar-refractivity contribution is 5.83. The average Bonchev–Trinajstić information content (AvgIpc) is 3.09. The molecule has 0 radical (unpaired) electrons. The maximum absolute atomic E-state index is 5.07. The van der Waals surface area contributed by atoms with Crippen LogP contribution in [0.25, 0.3) is 62.3 Å². The minimum Gasteiger partial charge on any atom is -0.228 e. The molecule has 42 heavy (non-hydrogen) atoms. The van der Waals surface area contributed by atoms with Crippen LogP contribution in [0.2, 0.25) is 0 Å². The van der Waals surface area contributed by atoms with Gasteiger partial charge in [-0.25, -0.2) is 24.9 Å². The van der Waals surface area contributed by atoms with Gasteiger partial charge < -0.3 is 0 Å². The van der Waals surface area contributed by atoms with Crippen molar-refractivity contribution in [2.45, 2.75) is 12.8 Å². The molecule has 5 heteroatoms. The van der Waals surface area contributed by atoms with Gasteiger partial charge in [0.05, 0.1) is 11.4 Å². The van der Waals surface area contributed by atoms with Crippen molar-refractivity contribution in [2.24, 2.45) is 0 Å². The fraction of sp³-hybridized carbons (Fsp3) is 0.0541. The standard InChI is InChI=1S/C37H27N5/c1-5-15-26(16-6-1)32-25-33(39-34(38-32)27-17-7-2-8-18-27)30-23-13-14-24-31(30)37-41-35(28-19-9-3-10-20-28)40-36(42-37)29-21-11-4-12-22-29/h1-3,5-11,13-25H,4,12H2. The van der Waals surface area contributed by atoms with Crippen LogP contribution in [-0.2, 0) is 0 Å². The molecule has 0 aliphatic heterocycles. The van der Waals surface area contributed by atoms with Crippen molar-refractivity contribution in [3.63, 3.8) is 0 Å². The summed E-state index contributed by atoms with van der Waals surface area (Å²) < 4.78 is 0. The van der Waals surface area contributed by atoms with E-state index in [1.165, 1.54) is 0 Å². The summed E-state index contributed by atoms with van der Waals surface area (Å²) in [4.78, 5) is 24.9. The van der Waals surface area contributed by atoms with E-state index in [1.807, 2.05) is 97.1 Å². The molecule has 0 N–H and O–H groups in total. The fourth-order valence-corrected chi connectivity index (χ4v) is 5.08. The van der Waals surface area contributed by atoms with E-state index in [4.69, 9.17) is 24.9 Å². The van der Waals surface area contributed by atoms with Crippen LogP contribution in [0.15, 0.2) is 140 Å². The second-order valence-corrected chi connectivity index (χ2v) is 10.1. The van der Waals surface area contributed by atoms with Gasteiger partial charge in [-0.05, 0) is 18.9 Å². The van der Waals surface area contributed by atoms with E-state index in [2.05, 4.69) is 42.5 Å². The van der Waals surface area contributed by atoms with Crippen molar-refractivity contribution in [2.75, 3.05) is 0 Å². The van der Waals surface area contributed by atoms with Crippen LogP contribution < -0.4 is 0 Å². The second-order valence-electron chi connectivity index (χ2n) is 10.1. The van der Waals surface area contributed by atoms with Crippen LogP contribution in [0.1, 0.15) is 18.7 Å². The number of rotatable bonds is 6. The van der Waals surface area contributed by atoms with Gasteiger partial charge in [0.1, 0.15) is 0 Å². The number of nitrogens with zero attached hydrogens (tertiary/aromatic N) is 5. The number of allylic oxidation sites excluding steroid dienone is 4. The summed E-state index contributed by atoms with van der Waals surface area (Å²) >= 11 is 0. The molecule has 0 saturated heterocycles. The van der Waals surface area contributed by atoms with Crippen LogP contribution in [0, 0.1) is 0 Å². The highest BCUT2D eigenvalue weighted by Gasteiger charge is 2.18. The largest absolute Gasteiger partial charge is 0.228 e. The van der Waals surface area contributed by atoms with Gasteiger partial charge in [-0.2, -0.15) is 0 Å². The third-order valence-electron chi connectivity index (χ3n) is 7.19. The summed E-state index contributed by atoms with van der Waals surface area (Å²) in [6, 6.07) is 40.6. The lowest BCUT2D eigenvalue weighted by Gasteiger charge is -2.14. The molecule has 4 aromatic carbocycles. The highest BCUT2D eigenvalue weighted by Crippen LogP contribution is 2.34. The summed E-state index contributed by atoms with van der Waals surface area (Å²) in [6.45, 7) is 0. The minimum absolute atomic E-state index is 0.607. The first-order valence-electron chi connectivity index (χ1n) is 14.1. The van der Waals surface area contributed by atoms with Crippen molar-refractivity contribution in [1.29, 1.82) is 0 Å². The molecular formula is C37H27N5. The molecule has 6 aromatic rings. The third-order valence-corrected chi connectivity index (χ3v) is 7.19. The molecule has 5 nitrogen and oxygen atoms in total. The first kappa shape index (κ1) is 25.4. The molecule has 1 aliphatic carbocycles. The first-order valence-corrected chi connectivity index (χ1v) is 14.1. The van der Waals surface area contributed by atoms with Gasteiger partial charge >= 0.3 is 0 Å². The van der Waals surface area contributed by atoms with Gasteiger partial charge in [-0.3, -0.25) is 0 Å². The molecule has 2 aromatic heterocycles. The fourth-order valence-electron chi connectivity index (χ4n) is 5.08. The maximum atomic E-state index is 5.07. The zero-order chi connectivity index (χ0) is 28.1. The summed E-state index contributed by atoms with van der Waals surface area (Å²) in [6.07, 6.45) is 8.47. The van der Waals surface area contributed by atoms with E-state index in [-0.39, 0.29) is 0 Å². The van der Waals surface area contributed by atoms with Gasteiger partial charge in [-0.15, -0.1) is 0 Å². The molecule has 7 rings (SSSR count). The maximum Gasteiger partial charge on any atom is 0.164 e. The molecule has 0 atom stereocenters. The molecule has 0 unspecified atom stereocenters. The van der Waals surface area contributed by atoms with Gasteiger partial charge in [0.25, 0.3) is 0 Å². The summed E-state index contributed by atoms with van der Waals surface area (Å²) in [5.41, 5.74) is 7.42. The molecule has 0 saturated carbocycles. The van der Waals surface area contributed by atoms with E-state index in [9.17, 15) is 0 Å². The number of hydrogen-bond donors (Lipinski definition) is 0. The predicted octanol–water partition coefficient (Wildman–Crippen LogP) is 8.73. The molecule has 200 valence electrons. The van der Waals surface area contributed by atoms with Crippen molar-refractivity contribution in [3.05, 3.63) is 145 Å². The van der Waals surface area contributed by atoms with E-state index < -0.39 is 0 Å². The predicted molar refractivity (Wildman–Crippen MR) is 169 cm³/mol. The summed E-state index contributed by atoms with van der Waals surface area (Å²) in [5, 5.41) is 0.